The minimum atomic E-state index is -3.04. The lowest BCUT2D eigenvalue weighted by Gasteiger charge is -2.16. The molecule has 1 aliphatic heterocycles. The van der Waals surface area contributed by atoms with Crippen molar-refractivity contribution in [2.24, 2.45) is 0 Å². The van der Waals surface area contributed by atoms with Crippen molar-refractivity contribution < 1.29 is 22.7 Å². The molecule has 9 heteroatoms. The number of hydrogen-bond acceptors (Lipinski definition) is 6. The molecule has 34 heavy (non-hydrogen) atoms. The van der Waals surface area contributed by atoms with Crippen LogP contribution in [0, 0.1) is 27.7 Å². The molecule has 1 unspecified atom stereocenters. The molecule has 3 aromatic rings. The second kappa shape index (κ2) is 9.21. The van der Waals surface area contributed by atoms with Gasteiger partial charge in [0.05, 0.1) is 29.3 Å². The Kier molecular flexibility index (Phi) is 6.49. The average molecular weight is 484 g/mol. The minimum absolute atomic E-state index is 0.0245. The van der Waals surface area contributed by atoms with E-state index >= 15 is 0 Å². The van der Waals surface area contributed by atoms with Crippen molar-refractivity contribution >= 4 is 21.6 Å². The molecule has 1 aromatic carbocycles. The van der Waals surface area contributed by atoms with E-state index in [1.807, 2.05) is 55.7 Å². The number of hydrogen-bond donors (Lipinski definition) is 0. The van der Waals surface area contributed by atoms with Crippen molar-refractivity contribution in [3.05, 3.63) is 70.3 Å². The molecule has 8 nitrogen and oxygen atoms in total. The molecule has 0 aliphatic carbocycles. The highest BCUT2D eigenvalue weighted by Gasteiger charge is 2.31. The number of carbonyl (C=O) groups is 2. The molecule has 180 valence electrons. The lowest BCUT2D eigenvalue weighted by Crippen LogP contribution is -2.18. The number of para-hydroxylation sites is 1. The normalized spacial score (nSPS) is 17.1. The van der Waals surface area contributed by atoms with Crippen LogP contribution in [-0.4, -0.2) is 52.6 Å². The first-order chi connectivity index (χ1) is 16.1. The maximum Gasteiger partial charge on any atom is 0.310 e. The number of carbonyl (C=O) groups excluding carboxylic acids is 2. The zero-order valence-electron chi connectivity index (χ0n) is 19.9. The predicted octanol–water partition coefficient (Wildman–Crippen LogP) is 3.24. The number of sulfone groups is 1. The van der Waals surface area contributed by atoms with E-state index in [1.165, 1.54) is 0 Å². The monoisotopic (exact) mass is 483 g/mol. The maximum absolute atomic E-state index is 12.8. The fraction of sp³-hybridized carbons (Fsp3) is 0.400. The number of Topliss-reactive ketones (excluding diaryl/α,β-unsaturated/α-hetero) is 1. The number of aromatic nitrogens is 3. The number of ketones is 1. The molecular formula is C25H29N3O5S. The van der Waals surface area contributed by atoms with Gasteiger partial charge in [-0.2, -0.15) is 5.10 Å². The fourth-order valence-corrected chi connectivity index (χ4v) is 6.47. The first-order valence-corrected chi connectivity index (χ1v) is 13.1. The molecule has 1 fully saturated rings. The Morgan fingerprint density at radius 3 is 2.44 bits per heavy atom. The Balaban J connectivity index is 1.42. The highest BCUT2D eigenvalue weighted by molar-refractivity contribution is 7.91. The zero-order chi connectivity index (χ0) is 24.6. The van der Waals surface area contributed by atoms with E-state index in [9.17, 15) is 18.0 Å². The SMILES string of the molecule is Cc1nn(-c2ccccc2)c(C)c1CC(=O)OCC(=O)c1cc(C)n(C2CCS(=O)(=O)C2)c1C. The van der Waals surface area contributed by atoms with E-state index in [4.69, 9.17) is 4.74 Å². The first-order valence-electron chi connectivity index (χ1n) is 11.3. The topological polar surface area (TPSA) is 100 Å². The van der Waals surface area contributed by atoms with Gasteiger partial charge in [0.1, 0.15) is 0 Å². The van der Waals surface area contributed by atoms with Crippen LogP contribution in [0.4, 0.5) is 0 Å². The highest BCUT2D eigenvalue weighted by Crippen LogP contribution is 2.29. The Morgan fingerprint density at radius 1 is 1.09 bits per heavy atom. The summed E-state index contributed by atoms with van der Waals surface area (Å²) >= 11 is 0. The molecule has 2 aromatic heterocycles. The van der Waals surface area contributed by atoms with Crippen LogP contribution in [0.5, 0.6) is 0 Å². The van der Waals surface area contributed by atoms with Gasteiger partial charge in [0.2, 0.25) is 5.78 Å². The van der Waals surface area contributed by atoms with Gasteiger partial charge in [0, 0.05) is 34.3 Å². The lowest BCUT2D eigenvalue weighted by atomic mass is 10.1. The summed E-state index contributed by atoms with van der Waals surface area (Å²) in [6.45, 7) is 7.04. The second-order valence-corrected chi connectivity index (χ2v) is 11.1. The van der Waals surface area contributed by atoms with Crippen LogP contribution in [0.3, 0.4) is 0 Å². The number of esters is 1. The largest absolute Gasteiger partial charge is 0.457 e. The standard InChI is InChI=1S/C25H29N3O5S/c1-16-12-23(18(3)27(16)21-10-11-34(31,32)15-21)24(29)14-33-25(30)13-22-17(2)26-28(19(22)4)20-8-6-5-7-9-20/h5-9,12,21H,10-11,13-15H2,1-4H3. The summed E-state index contributed by atoms with van der Waals surface area (Å²) in [5.74, 6) is -0.554. The molecule has 1 saturated heterocycles. The summed E-state index contributed by atoms with van der Waals surface area (Å²) in [6, 6.07) is 11.2. The van der Waals surface area contributed by atoms with Crippen LogP contribution in [0.2, 0.25) is 0 Å². The minimum Gasteiger partial charge on any atom is -0.457 e. The van der Waals surface area contributed by atoms with E-state index in [0.29, 0.717) is 17.7 Å². The van der Waals surface area contributed by atoms with Gasteiger partial charge >= 0.3 is 5.97 Å². The Bertz CT molecular complexity index is 1350. The molecule has 0 spiro atoms. The van der Waals surface area contributed by atoms with E-state index in [1.54, 1.807) is 17.7 Å². The Morgan fingerprint density at radius 2 is 1.79 bits per heavy atom. The van der Waals surface area contributed by atoms with Gasteiger partial charge in [-0.25, -0.2) is 13.1 Å². The molecule has 4 rings (SSSR count). The van der Waals surface area contributed by atoms with E-state index in [2.05, 4.69) is 5.10 Å². The highest BCUT2D eigenvalue weighted by atomic mass is 32.2. The van der Waals surface area contributed by atoms with Crippen LogP contribution in [-0.2, 0) is 25.8 Å². The van der Waals surface area contributed by atoms with Crippen molar-refractivity contribution in [2.75, 3.05) is 18.1 Å². The number of ether oxygens (including phenoxy) is 1. The zero-order valence-corrected chi connectivity index (χ0v) is 20.7. The quantitative estimate of drug-likeness (QED) is 0.378. The van der Waals surface area contributed by atoms with E-state index in [-0.39, 0.29) is 36.4 Å². The van der Waals surface area contributed by atoms with Crippen molar-refractivity contribution in [1.82, 2.24) is 14.3 Å². The third-order valence-corrected chi connectivity index (χ3v) is 8.24. The predicted molar refractivity (Wildman–Crippen MR) is 128 cm³/mol. The summed E-state index contributed by atoms with van der Waals surface area (Å²) in [6.07, 6.45) is 0.563. The number of nitrogens with zero attached hydrogens (tertiary/aromatic N) is 3. The molecule has 1 atom stereocenters. The summed E-state index contributed by atoms with van der Waals surface area (Å²) in [5, 5.41) is 4.54. The van der Waals surface area contributed by atoms with Gasteiger partial charge < -0.3 is 9.30 Å². The first kappa shape index (κ1) is 23.9. The van der Waals surface area contributed by atoms with Crippen LogP contribution in [0.15, 0.2) is 36.4 Å². The van der Waals surface area contributed by atoms with Crippen LogP contribution < -0.4 is 0 Å². The molecule has 1 aliphatic rings. The van der Waals surface area contributed by atoms with E-state index < -0.39 is 15.8 Å². The number of benzene rings is 1. The molecule has 0 N–H and O–H groups in total. The van der Waals surface area contributed by atoms with E-state index in [0.717, 1.165) is 28.3 Å². The molecule has 0 amide bonds. The lowest BCUT2D eigenvalue weighted by molar-refractivity contribution is -0.141. The van der Waals surface area contributed by atoms with Crippen LogP contribution in [0.1, 0.15) is 51.2 Å². The summed E-state index contributed by atoms with van der Waals surface area (Å²) in [7, 11) is -3.04. The summed E-state index contributed by atoms with van der Waals surface area (Å²) in [4.78, 5) is 25.4. The van der Waals surface area contributed by atoms with Gasteiger partial charge in [-0.15, -0.1) is 0 Å². The average Bonchev–Trinajstić information content (AvgIpc) is 3.40. The van der Waals surface area contributed by atoms with Crippen molar-refractivity contribution in [1.29, 1.82) is 0 Å². The van der Waals surface area contributed by atoms with Gasteiger partial charge in [-0.3, -0.25) is 9.59 Å². The number of aryl methyl sites for hydroxylation is 2. The number of rotatable bonds is 7. The molecule has 0 saturated carbocycles. The van der Waals surface area contributed by atoms with Crippen molar-refractivity contribution in [3.8, 4) is 5.69 Å². The molecule has 0 radical (unpaired) electrons. The third-order valence-electron chi connectivity index (χ3n) is 6.49. The summed E-state index contributed by atoms with van der Waals surface area (Å²) in [5.41, 5.74) is 5.26. The van der Waals surface area contributed by atoms with Gasteiger partial charge in [-0.05, 0) is 52.3 Å². The third kappa shape index (κ3) is 4.70. The van der Waals surface area contributed by atoms with Gasteiger partial charge in [0.25, 0.3) is 0 Å². The van der Waals surface area contributed by atoms with Crippen LogP contribution in [0.25, 0.3) is 5.69 Å². The maximum atomic E-state index is 12.8. The smallest absolute Gasteiger partial charge is 0.310 e. The summed E-state index contributed by atoms with van der Waals surface area (Å²) < 4.78 is 32.8. The molecular weight excluding hydrogens is 454 g/mol. The van der Waals surface area contributed by atoms with Gasteiger partial charge in [-0.1, -0.05) is 18.2 Å². The van der Waals surface area contributed by atoms with Gasteiger partial charge in [0.15, 0.2) is 16.4 Å². The Hall–Kier alpha value is -3.20. The fourth-order valence-electron chi connectivity index (χ4n) is 4.77. The van der Waals surface area contributed by atoms with Crippen LogP contribution >= 0.6 is 0 Å². The molecule has 3 heterocycles. The molecule has 0 bridgehead atoms. The van der Waals surface area contributed by atoms with Crippen molar-refractivity contribution in [2.45, 2.75) is 46.6 Å². The Labute approximate surface area is 199 Å². The second-order valence-electron chi connectivity index (χ2n) is 8.87. The van der Waals surface area contributed by atoms with Crippen molar-refractivity contribution in [3.63, 3.8) is 0 Å².